The SMILES string of the molecule is O=C(Nc1ccc(F)c(Cl)c1)C1[C@@H]2CCCC[C@@H]12. The Bertz CT molecular complexity index is 479. The van der Waals surface area contributed by atoms with E-state index in [1.54, 1.807) is 6.07 Å². The molecule has 0 aromatic heterocycles. The third-order valence-corrected chi connectivity index (χ3v) is 4.44. The summed E-state index contributed by atoms with van der Waals surface area (Å²) in [6.45, 7) is 0. The highest BCUT2D eigenvalue weighted by Gasteiger charge is 2.54. The first-order chi connectivity index (χ1) is 8.66. The Morgan fingerprint density at radius 3 is 2.56 bits per heavy atom. The average Bonchev–Trinajstić information content (AvgIpc) is 3.08. The largest absolute Gasteiger partial charge is 0.326 e. The van der Waals surface area contributed by atoms with Gasteiger partial charge in [-0.05, 0) is 42.9 Å². The monoisotopic (exact) mass is 267 g/mol. The molecule has 1 aromatic rings. The number of fused-ring (bicyclic) bond motifs is 1. The molecular formula is C14H15ClFNO. The van der Waals surface area contributed by atoms with Gasteiger partial charge in [0.25, 0.3) is 0 Å². The molecule has 18 heavy (non-hydrogen) atoms. The number of carbonyl (C=O) groups is 1. The maximum atomic E-state index is 13.0. The van der Waals surface area contributed by atoms with Gasteiger partial charge in [-0.15, -0.1) is 0 Å². The quantitative estimate of drug-likeness (QED) is 0.866. The van der Waals surface area contributed by atoms with Gasteiger partial charge in [-0.1, -0.05) is 24.4 Å². The van der Waals surface area contributed by atoms with Gasteiger partial charge in [0.15, 0.2) is 0 Å². The van der Waals surface area contributed by atoms with Crippen LogP contribution in [0.5, 0.6) is 0 Å². The van der Waals surface area contributed by atoms with Crippen LogP contribution in [0.4, 0.5) is 10.1 Å². The molecule has 0 radical (unpaired) electrons. The molecule has 1 aromatic carbocycles. The van der Waals surface area contributed by atoms with Crippen LogP contribution >= 0.6 is 11.6 Å². The topological polar surface area (TPSA) is 29.1 Å². The molecule has 2 nitrogen and oxygen atoms in total. The van der Waals surface area contributed by atoms with Crippen molar-refractivity contribution in [2.24, 2.45) is 17.8 Å². The van der Waals surface area contributed by atoms with Gasteiger partial charge in [-0.2, -0.15) is 0 Å². The fraction of sp³-hybridized carbons (Fsp3) is 0.500. The highest BCUT2D eigenvalue weighted by molar-refractivity contribution is 6.31. The van der Waals surface area contributed by atoms with E-state index in [0.29, 0.717) is 17.5 Å². The maximum Gasteiger partial charge on any atom is 0.228 e. The van der Waals surface area contributed by atoms with E-state index < -0.39 is 5.82 Å². The van der Waals surface area contributed by atoms with Crippen LogP contribution in [0.2, 0.25) is 5.02 Å². The molecule has 2 aliphatic carbocycles. The number of amides is 1. The van der Waals surface area contributed by atoms with Crippen molar-refractivity contribution >= 4 is 23.2 Å². The lowest BCUT2D eigenvalue weighted by Crippen LogP contribution is -2.15. The highest BCUT2D eigenvalue weighted by Crippen LogP contribution is 2.55. The molecular weight excluding hydrogens is 253 g/mol. The number of carbonyl (C=O) groups excluding carboxylic acids is 1. The Balaban J connectivity index is 1.66. The zero-order chi connectivity index (χ0) is 12.7. The molecule has 2 atom stereocenters. The number of halogens is 2. The van der Waals surface area contributed by atoms with Gasteiger partial charge in [0.2, 0.25) is 5.91 Å². The number of rotatable bonds is 2. The Hall–Kier alpha value is -1.09. The molecule has 0 unspecified atom stereocenters. The summed E-state index contributed by atoms with van der Waals surface area (Å²) in [7, 11) is 0. The molecule has 0 saturated heterocycles. The minimum Gasteiger partial charge on any atom is -0.326 e. The van der Waals surface area contributed by atoms with Crippen LogP contribution in [0.3, 0.4) is 0 Å². The van der Waals surface area contributed by atoms with Crippen molar-refractivity contribution in [2.75, 3.05) is 5.32 Å². The van der Waals surface area contributed by atoms with Gasteiger partial charge in [0.05, 0.1) is 5.02 Å². The minimum absolute atomic E-state index is 0.0426. The van der Waals surface area contributed by atoms with Crippen LogP contribution in [-0.2, 0) is 4.79 Å². The molecule has 3 rings (SSSR count). The maximum absolute atomic E-state index is 13.0. The molecule has 1 amide bonds. The van der Waals surface area contributed by atoms with Crippen LogP contribution in [-0.4, -0.2) is 5.91 Å². The summed E-state index contributed by atoms with van der Waals surface area (Å²) in [5, 5.41) is 2.88. The molecule has 0 bridgehead atoms. The van der Waals surface area contributed by atoms with Crippen LogP contribution in [0.15, 0.2) is 18.2 Å². The number of hydrogen-bond donors (Lipinski definition) is 1. The van der Waals surface area contributed by atoms with Crippen molar-refractivity contribution < 1.29 is 9.18 Å². The normalized spacial score (nSPS) is 29.6. The zero-order valence-electron chi connectivity index (χ0n) is 9.96. The zero-order valence-corrected chi connectivity index (χ0v) is 10.7. The summed E-state index contributed by atoms with van der Waals surface area (Å²) in [5.41, 5.74) is 0.579. The van der Waals surface area contributed by atoms with Crippen molar-refractivity contribution in [1.82, 2.24) is 0 Å². The van der Waals surface area contributed by atoms with Crippen molar-refractivity contribution in [1.29, 1.82) is 0 Å². The summed E-state index contributed by atoms with van der Waals surface area (Å²) in [6, 6.07) is 4.28. The Kier molecular flexibility index (Phi) is 3.02. The third kappa shape index (κ3) is 2.12. The smallest absolute Gasteiger partial charge is 0.228 e. The second kappa shape index (κ2) is 4.54. The van der Waals surface area contributed by atoms with E-state index in [0.717, 1.165) is 0 Å². The Morgan fingerprint density at radius 2 is 1.94 bits per heavy atom. The third-order valence-electron chi connectivity index (χ3n) is 4.15. The predicted molar refractivity (Wildman–Crippen MR) is 69.0 cm³/mol. The van der Waals surface area contributed by atoms with Crippen LogP contribution < -0.4 is 5.32 Å². The van der Waals surface area contributed by atoms with Gasteiger partial charge in [-0.25, -0.2) is 4.39 Å². The van der Waals surface area contributed by atoms with Crippen LogP contribution in [0, 0.1) is 23.6 Å². The fourth-order valence-electron chi connectivity index (χ4n) is 3.18. The van der Waals surface area contributed by atoms with E-state index >= 15 is 0 Å². The van der Waals surface area contributed by atoms with E-state index in [4.69, 9.17) is 11.6 Å². The van der Waals surface area contributed by atoms with E-state index in [2.05, 4.69) is 5.32 Å². The molecule has 2 aliphatic rings. The lowest BCUT2D eigenvalue weighted by Gasteiger charge is -2.05. The van der Waals surface area contributed by atoms with Crippen molar-refractivity contribution in [3.8, 4) is 0 Å². The Morgan fingerprint density at radius 1 is 1.28 bits per heavy atom. The lowest BCUT2D eigenvalue weighted by molar-refractivity contribution is -0.117. The van der Waals surface area contributed by atoms with Crippen LogP contribution in [0.25, 0.3) is 0 Å². The predicted octanol–water partition coefficient (Wildman–Crippen LogP) is 3.85. The van der Waals surface area contributed by atoms with Gasteiger partial charge < -0.3 is 5.32 Å². The number of benzene rings is 1. The molecule has 4 heteroatoms. The minimum atomic E-state index is -0.463. The number of hydrogen-bond acceptors (Lipinski definition) is 1. The first-order valence-electron chi connectivity index (χ1n) is 6.43. The molecule has 2 fully saturated rings. The van der Waals surface area contributed by atoms with Crippen molar-refractivity contribution in [2.45, 2.75) is 25.7 Å². The summed E-state index contributed by atoms with van der Waals surface area (Å²) >= 11 is 5.69. The number of anilines is 1. The molecule has 0 aliphatic heterocycles. The van der Waals surface area contributed by atoms with E-state index in [1.807, 2.05) is 0 Å². The summed E-state index contributed by atoms with van der Waals surface area (Å²) < 4.78 is 13.0. The van der Waals surface area contributed by atoms with E-state index in [-0.39, 0.29) is 16.8 Å². The Labute approximate surface area is 111 Å². The molecule has 96 valence electrons. The second-order valence-electron chi connectivity index (χ2n) is 5.26. The van der Waals surface area contributed by atoms with Gasteiger partial charge >= 0.3 is 0 Å². The summed E-state index contributed by atoms with van der Waals surface area (Å²) in [4.78, 5) is 12.1. The van der Waals surface area contributed by atoms with Crippen molar-refractivity contribution in [3.63, 3.8) is 0 Å². The average molecular weight is 268 g/mol. The first kappa shape index (κ1) is 12.0. The first-order valence-corrected chi connectivity index (χ1v) is 6.80. The molecule has 1 N–H and O–H groups in total. The highest BCUT2D eigenvalue weighted by atomic mass is 35.5. The van der Waals surface area contributed by atoms with Gasteiger partial charge in [0, 0.05) is 11.6 Å². The molecule has 0 heterocycles. The lowest BCUT2D eigenvalue weighted by atomic mass is 10.0. The van der Waals surface area contributed by atoms with Gasteiger partial charge in [0.1, 0.15) is 5.82 Å². The molecule has 0 spiro atoms. The fourth-order valence-corrected chi connectivity index (χ4v) is 3.36. The summed E-state index contributed by atoms with van der Waals surface area (Å²) in [6.07, 6.45) is 4.83. The second-order valence-corrected chi connectivity index (χ2v) is 5.66. The number of nitrogens with one attached hydrogen (secondary N) is 1. The summed E-state index contributed by atoms with van der Waals surface area (Å²) in [5.74, 6) is 0.921. The van der Waals surface area contributed by atoms with Gasteiger partial charge in [-0.3, -0.25) is 4.79 Å². The molecule has 2 saturated carbocycles. The van der Waals surface area contributed by atoms with E-state index in [9.17, 15) is 9.18 Å². The van der Waals surface area contributed by atoms with Crippen molar-refractivity contribution in [3.05, 3.63) is 29.0 Å². The van der Waals surface area contributed by atoms with Crippen LogP contribution in [0.1, 0.15) is 25.7 Å². The standard InChI is InChI=1S/C14H15ClFNO/c15-11-7-8(5-6-12(11)16)17-14(18)13-9-3-1-2-4-10(9)13/h5-7,9-10,13H,1-4H2,(H,17,18)/t9-,10-/m1/s1. The van der Waals surface area contributed by atoms with E-state index in [1.165, 1.54) is 37.8 Å².